The quantitative estimate of drug-likeness (QED) is 0.669. The first-order valence-corrected chi connectivity index (χ1v) is 8.97. The first kappa shape index (κ1) is 17.2. The highest BCUT2D eigenvalue weighted by Crippen LogP contribution is 2.23. The van der Waals surface area contributed by atoms with Crippen molar-refractivity contribution < 1.29 is 9.53 Å². The standard InChI is InChI=1S/C20H20N2O2S/c1-14-15(2)25-20(21-14)13-12-19(23)22-16-8-10-18(11-9-16)24-17-6-4-3-5-7-17/h3-11H,12-13H2,1-2H3,(H,22,23). The van der Waals surface area contributed by atoms with Gasteiger partial charge in [0, 0.05) is 23.4 Å². The lowest BCUT2D eigenvalue weighted by atomic mass is 10.2. The smallest absolute Gasteiger partial charge is 0.224 e. The number of carbonyl (C=O) groups excluding carboxylic acids is 1. The number of nitrogens with zero attached hydrogens (tertiary/aromatic N) is 1. The third-order valence-electron chi connectivity index (χ3n) is 3.76. The van der Waals surface area contributed by atoms with Gasteiger partial charge in [0.25, 0.3) is 0 Å². The van der Waals surface area contributed by atoms with E-state index in [0.717, 1.165) is 27.9 Å². The second kappa shape index (κ2) is 7.94. The summed E-state index contributed by atoms with van der Waals surface area (Å²) in [5.74, 6) is 1.51. The molecule has 0 aliphatic rings. The largest absolute Gasteiger partial charge is 0.457 e. The van der Waals surface area contributed by atoms with E-state index in [1.807, 2.05) is 61.5 Å². The van der Waals surface area contributed by atoms with Gasteiger partial charge >= 0.3 is 0 Å². The first-order valence-electron chi connectivity index (χ1n) is 8.16. The molecule has 1 heterocycles. The second-order valence-electron chi connectivity index (χ2n) is 5.74. The number of amides is 1. The van der Waals surface area contributed by atoms with Crippen LogP contribution in [-0.2, 0) is 11.2 Å². The maximum absolute atomic E-state index is 12.1. The maximum Gasteiger partial charge on any atom is 0.224 e. The normalized spacial score (nSPS) is 10.5. The zero-order chi connectivity index (χ0) is 17.6. The van der Waals surface area contributed by atoms with E-state index in [-0.39, 0.29) is 5.91 Å². The number of anilines is 1. The molecule has 3 aromatic rings. The fraction of sp³-hybridized carbons (Fsp3) is 0.200. The van der Waals surface area contributed by atoms with Gasteiger partial charge in [0.1, 0.15) is 11.5 Å². The first-order chi connectivity index (χ1) is 12.1. The van der Waals surface area contributed by atoms with Gasteiger partial charge in [0.05, 0.1) is 10.7 Å². The maximum atomic E-state index is 12.1. The molecule has 0 atom stereocenters. The molecule has 0 spiro atoms. The molecule has 1 N–H and O–H groups in total. The van der Waals surface area contributed by atoms with Gasteiger partial charge in [-0.3, -0.25) is 4.79 Å². The number of para-hydroxylation sites is 1. The number of ether oxygens (including phenoxy) is 1. The van der Waals surface area contributed by atoms with Crippen LogP contribution in [0.15, 0.2) is 54.6 Å². The number of nitrogens with one attached hydrogen (secondary N) is 1. The number of rotatable bonds is 6. The minimum Gasteiger partial charge on any atom is -0.457 e. The third-order valence-corrected chi connectivity index (χ3v) is 4.89. The molecule has 5 heteroatoms. The van der Waals surface area contributed by atoms with Gasteiger partial charge < -0.3 is 10.1 Å². The monoisotopic (exact) mass is 352 g/mol. The van der Waals surface area contributed by atoms with Gasteiger partial charge in [0.2, 0.25) is 5.91 Å². The molecular formula is C20H20N2O2S. The highest BCUT2D eigenvalue weighted by Gasteiger charge is 2.08. The number of hydrogen-bond donors (Lipinski definition) is 1. The molecule has 25 heavy (non-hydrogen) atoms. The predicted octanol–water partition coefficient (Wildman–Crippen LogP) is 5.12. The summed E-state index contributed by atoms with van der Waals surface area (Å²) in [6, 6.07) is 17.0. The molecule has 1 amide bonds. The van der Waals surface area contributed by atoms with Crippen molar-refractivity contribution in [1.29, 1.82) is 0 Å². The van der Waals surface area contributed by atoms with E-state index in [0.29, 0.717) is 12.8 Å². The molecule has 1 aromatic heterocycles. The third kappa shape index (κ3) is 4.90. The van der Waals surface area contributed by atoms with E-state index in [1.165, 1.54) is 4.88 Å². The molecule has 0 fully saturated rings. The number of thiazole rings is 1. The van der Waals surface area contributed by atoms with Gasteiger partial charge in [-0.15, -0.1) is 11.3 Å². The van der Waals surface area contributed by atoms with Crippen LogP contribution in [-0.4, -0.2) is 10.9 Å². The van der Waals surface area contributed by atoms with E-state index >= 15 is 0 Å². The molecule has 128 valence electrons. The topological polar surface area (TPSA) is 51.2 Å². The summed E-state index contributed by atoms with van der Waals surface area (Å²) in [5, 5.41) is 3.92. The van der Waals surface area contributed by atoms with Gasteiger partial charge in [0.15, 0.2) is 0 Å². The fourth-order valence-electron chi connectivity index (χ4n) is 2.32. The van der Waals surface area contributed by atoms with Crippen molar-refractivity contribution in [3.05, 3.63) is 70.2 Å². The van der Waals surface area contributed by atoms with Crippen molar-refractivity contribution >= 4 is 22.9 Å². The summed E-state index contributed by atoms with van der Waals surface area (Å²) >= 11 is 1.66. The zero-order valence-electron chi connectivity index (χ0n) is 14.3. The molecule has 0 aliphatic heterocycles. The molecule has 0 aliphatic carbocycles. The number of hydrogen-bond acceptors (Lipinski definition) is 4. The van der Waals surface area contributed by atoms with Crippen LogP contribution in [0.3, 0.4) is 0 Å². The Morgan fingerprint density at radius 1 is 1.04 bits per heavy atom. The van der Waals surface area contributed by atoms with Gasteiger partial charge in [-0.05, 0) is 50.2 Å². The van der Waals surface area contributed by atoms with E-state index in [9.17, 15) is 4.79 Å². The van der Waals surface area contributed by atoms with Crippen molar-refractivity contribution in [3.63, 3.8) is 0 Å². The molecule has 0 radical (unpaired) electrons. The van der Waals surface area contributed by atoms with Crippen molar-refractivity contribution in [2.45, 2.75) is 26.7 Å². The molecule has 0 saturated carbocycles. The predicted molar refractivity (Wildman–Crippen MR) is 101 cm³/mol. The summed E-state index contributed by atoms with van der Waals surface area (Å²) in [7, 11) is 0. The Bertz CT molecular complexity index is 822. The lowest BCUT2D eigenvalue weighted by Gasteiger charge is -2.08. The lowest BCUT2D eigenvalue weighted by Crippen LogP contribution is -2.12. The summed E-state index contributed by atoms with van der Waals surface area (Å²) in [4.78, 5) is 17.8. The summed E-state index contributed by atoms with van der Waals surface area (Å²) in [6.45, 7) is 4.05. The van der Waals surface area contributed by atoms with E-state index in [2.05, 4.69) is 17.2 Å². The highest BCUT2D eigenvalue weighted by atomic mass is 32.1. The average molecular weight is 352 g/mol. The van der Waals surface area contributed by atoms with Crippen molar-refractivity contribution in [2.24, 2.45) is 0 Å². The van der Waals surface area contributed by atoms with Crippen LogP contribution < -0.4 is 10.1 Å². The van der Waals surface area contributed by atoms with Crippen LogP contribution in [0.25, 0.3) is 0 Å². The second-order valence-corrected chi connectivity index (χ2v) is 7.02. The van der Waals surface area contributed by atoms with Crippen LogP contribution in [0, 0.1) is 13.8 Å². The number of aryl methyl sites for hydroxylation is 3. The number of aromatic nitrogens is 1. The Morgan fingerprint density at radius 3 is 2.36 bits per heavy atom. The van der Waals surface area contributed by atoms with E-state index in [1.54, 1.807) is 11.3 Å². The van der Waals surface area contributed by atoms with Gasteiger partial charge in [-0.2, -0.15) is 0 Å². The zero-order valence-corrected chi connectivity index (χ0v) is 15.1. The van der Waals surface area contributed by atoms with Crippen LogP contribution in [0.5, 0.6) is 11.5 Å². The van der Waals surface area contributed by atoms with Crippen molar-refractivity contribution in [3.8, 4) is 11.5 Å². The minimum atomic E-state index is -0.0118. The Labute approximate surface area is 151 Å². The Balaban J connectivity index is 1.51. The number of carbonyl (C=O) groups is 1. The summed E-state index contributed by atoms with van der Waals surface area (Å²) in [5.41, 5.74) is 1.81. The SMILES string of the molecule is Cc1nc(CCC(=O)Nc2ccc(Oc3ccccc3)cc2)sc1C. The van der Waals surface area contributed by atoms with Gasteiger partial charge in [-0.25, -0.2) is 4.98 Å². The van der Waals surface area contributed by atoms with Gasteiger partial charge in [-0.1, -0.05) is 18.2 Å². The molecule has 0 unspecified atom stereocenters. The summed E-state index contributed by atoms with van der Waals surface area (Å²) < 4.78 is 5.74. The fourth-order valence-corrected chi connectivity index (χ4v) is 3.25. The molecule has 3 rings (SSSR count). The number of benzene rings is 2. The van der Waals surface area contributed by atoms with Crippen LogP contribution in [0.2, 0.25) is 0 Å². The molecule has 2 aromatic carbocycles. The molecular weight excluding hydrogens is 332 g/mol. The van der Waals surface area contributed by atoms with Crippen molar-refractivity contribution in [2.75, 3.05) is 5.32 Å². The lowest BCUT2D eigenvalue weighted by molar-refractivity contribution is -0.116. The van der Waals surface area contributed by atoms with Crippen LogP contribution in [0.4, 0.5) is 5.69 Å². The van der Waals surface area contributed by atoms with E-state index in [4.69, 9.17) is 4.74 Å². The van der Waals surface area contributed by atoms with Crippen LogP contribution in [0.1, 0.15) is 22.0 Å². The molecule has 0 bridgehead atoms. The Hall–Kier alpha value is -2.66. The van der Waals surface area contributed by atoms with Crippen molar-refractivity contribution in [1.82, 2.24) is 4.98 Å². The Morgan fingerprint density at radius 2 is 1.72 bits per heavy atom. The Kier molecular flexibility index (Phi) is 5.46. The summed E-state index contributed by atoms with van der Waals surface area (Å²) in [6.07, 6.45) is 1.09. The average Bonchev–Trinajstić information content (AvgIpc) is 2.94. The highest BCUT2D eigenvalue weighted by molar-refractivity contribution is 7.11. The van der Waals surface area contributed by atoms with Crippen LogP contribution >= 0.6 is 11.3 Å². The molecule has 0 saturated heterocycles. The minimum absolute atomic E-state index is 0.0118. The van der Waals surface area contributed by atoms with E-state index < -0.39 is 0 Å². The molecule has 4 nitrogen and oxygen atoms in total.